The smallest absolute Gasteiger partial charge is 0.146 e. The predicted octanol–water partition coefficient (Wildman–Crippen LogP) is 0.787. The van der Waals surface area contributed by atoms with Gasteiger partial charge in [-0.3, -0.25) is 9.80 Å². The molecule has 1 fully saturated rings. The topological polar surface area (TPSA) is 58.1 Å². The lowest BCUT2D eigenvalue weighted by Crippen LogP contribution is -2.40. The Bertz CT molecular complexity index is 354. The van der Waals surface area contributed by atoms with Crippen molar-refractivity contribution in [1.82, 2.24) is 15.4 Å². The van der Waals surface area contributed by atoms with E-state index in [4.69, 9.17) is 0 Å². The van der Waals surface area contributed by atoms with Crippen molar-refractivity contribution in [2.45, 2.75) is 19.8 Å². The molecule has 16 heavy (non-hydrogen) atoms. The van der Waals surface area contributed by atoms with E-state index in [2.05, 4.69) is 15.4 Å². The standard InChI is InChI=1S/C11H16N4O/c1-9(16)10-3-2-6-15(14-7-10)11-4-5-12-8-13-11/h4-5,8,10,14H,2-3,6-7H2,1H3. The Kier molecular flexibility index (Phi) is 3.46. The van der Waals surface area contributed by atoms with E-state index in [0.29, 0.717) is 6.54 Å². The predicted molar refractivity (Wildman–Crippen MR) is 60.8 cm³/mol. The van der Waals surface area contributed by atoms with Gasteiger partial charge in [0.1, 0.15) is 17.9 Å². The number of anilines is 1. The Morgan fingerprint density at radius 1 is 1.62 bits per heavy atom. The fraction of sp³-hybridized carbons (Fsp3) is 0.545. The molecular weight excluding hydrogens is 204 g/mol. The molecule has 1 aromatic heterocycles. The Balaban J connectivity index is 2.02. The molecule has 1 atom stereocenters. The molecule has 2 rings (SSSR count). The summed E-state index contributed by atoms with van der Waals surface area (Å²) in [6, 6.07) is 1.86. The van der Waals surface area contributed by atoms with E-state index < -0.39 is 0 Å². The summed E-state index contributed by atoms with van der Waals surface area (Å²) in [5.41, 5.74) is 3.25. The number of aromatic nitrogens is 2. The first kappa shape index (κ1) is 11.0. The third-order valence-corrected chi connectivity index (χ3v) is 2.88. The van der Waals surface area contributed by atoms with Crippen molar-refractivity contribution in [1.29, 1.82) is 0 Å². The minimum atomic E-state index is 0.131. The summed E-state index contributed by atoms with van der Waals surface area (Å²) in [6.45, 7) is 3.23. The number of nitrogens with one attached hydrogen (secondary N) is 1. The largest absolute Gasteiger partial charge is 0.300 e. The fourth-order valence-corrected chi connectivity index (χ4v) is 1.88. The van der Waals surface area contributed by atoms with Crippen molar-refractivity contribution < 1.29 is 4.79 Å². The van der Waals surface area contributed by atoms with Crippen LogP contribution in [0.5, 0.6) is 0 Å². The Morgan fingerprint density at radius 3 is 3.19 bits per heavy atom. The number of nitrogens with zero attached hydrogens (tertiary/aromatic N) is 3. The van der Waals surface area contributed by atoms with Crippen LogP contribution in [-0.2, 0) is 4.79 Å². The van der Waals surface area contributed by atoms with Gasteiger partial charge in [-0.15, -0.1) is 0 Å². The summed E-state index contributed by atoms with van der Waals surface area (Å²) in [5, 5.41) is 1.99. The molecule has 0 aliphatic carbocycles. The highest BCUT2D eigenvalue weighted by molar-refractivity contribution is 5.78. The average molecular weight is 220 g/mol. The number of carbonyl (C=O) groups excluding carboxylic acids is 1. The molecule has 86 valence electrons. The minimum Gasteiger partial charge on any atom is -0.300 e. The SMILES string of the molecule is CC(=O)C1CCCN(c2ccncn2)NC1. The summed E-state index contributed by atoms with van der Waals surface area (Å²) in [6.07, 6.45) is 5.20. The third-order valence-electron chi connectivity index (χ3n) is 2.88. The van der Waals surface area contributed by atoms with Crippen LogP contribution >= 0.6 is 0 Å². The normalized spacial score (nSPS) is 21.6. The average Bonchev–Trinajstić information content (AvgIpc) is 2.55. The van der Waals surface area contributed by atoms with Crippen molar-refractivity contribution in [3.05, 3.63) is 18.6 Å². The molecule has 2 heterocycles. The van der Waals surface area contributed by atoms with E-state index in [9.17, 15) is 4.79 Å². The quantitative estimate of drug-likeness (QED) is 0.798. The molecule has 5 nitrogen and oxygen atoms in total. The highest BCUT2D eigenvalue weighted by atomic mass is 16.1. The second-order valence-electron chi connectivity index (χ2n) is 4.03. The fourth-order valence-electron chi connectivity index (χ4n) is 1.88. The number of carbonyl (C=O) groups is 1. The minimum absolute atomic E-state index is 0.131. The maximum absolute atomic E-state index is 11.3. The molecule has 1 aliphatic rings. The molecular formula is C11H16N4O. The first-order valence-corrected chi connectivity index (χ1v) is 5.55. The number of hydrazine groups is 1. The summed E-state index contributed by atoms with van der Waals surface area (Å²) in [7, 11) is 0. The molecule has 1 saturated heterocycles. The number of ketones is 1. The van der Waals surface area contributed by atoms with Crippen molar-refractivity contribution in [3.63, 3.8) is 0 Å². The Hall–Kier alpha value is -1.49. The maximum atomic E-state index is 11.3. The van der Waals surface area contributed by atoms with Gasteiger partial charge in [0.25, 0.3) is 0 Å². The van der Waals surface area contributed by atoms with Crippen molar-refractivity contribution in [2.75, 3.05) is 18.1 Å². The van der Waals surface area contributed by atoms with Crippen LogP contribution in [0.4, 0.5) is 5.82 Å². The molecule has 1 unspecified atom stereocenters. The second kappa shape index (κ2) is 5.03. The number of hydrogen-bond donors (Lipinski definition) is 1. The van der Waals surface area contributed by atoms with Crippen molar-refractivity contribution in [3.8, 4) is 0 Å². The summed E-state index contributed by atoms with van der Waals surface area (Å²) >= 11 is 0. The number of rotatable bonds is 2. The zero-order valence-corrected chi connectivity index (χ0v) is 9.39. The van der Waals surface area contributed by atoms with Crippen molar-refractivity contribution in [2.24, 2.45) is 5.92 Å². The summed E-state index contributed by atoms with van der Waals surface area (Å²) < 4.78 is 0. The first-order chi connectivity index (χ1) is 7.77. The van der Waals surface area contributed by atoms with Crippen LogP contribution < -0.4 is 10.4 Å². The number of hydrogen-bond acceptors (Lipinski definition) is 5. The van der Waals surface area contributed by atoms with Crippen LogP contribution in [0.1, 0.15) is 19.8 Å². The van der Waals surface area contributed by atoms with Crippen LogP contribution in [0.15, 0.2) is 18.6 Å². The van der Waals surface area contributed by atoms with Crippen LogP contribution in [0.3, 0.4) is 0 Å². The zero-order valence-electron chi connectivity index (χ0n) is 9.39. The van der Waals surface area contributed by atoms with E-state index in [-0.39, 0.29) is 11.7 Å². The third kappa shape index (κ3) is 2.55. The molecule has 0 spiro atoms. The molecule has 1 N–H and O–H groups in total. The van der Waals surface area contributed by atoms with Gasteiger partial charge >= 0.3 is 0 Å². The highest BCUT2D eigenvalue weighted by Gasteiger charge is 2.20. The van der Waals surface area contributed by atoms with E-state index in [0.717, 1.165) is 25.2 Å². The van der Waals surface area contributed by atoms with Gasteiger partial charge in [0.15, 0.2) is 0 Å². The van der Waals surface area contributed by atoms with E-state index in [1.807, 2.05) is 11.1 Å². The summed E-state index contributed by atoms with van der Waals surface area (Å²) in [4.78, 5) is 19.4. The highest BCUT2D eigenvalue weighted by Crippen LogP contribution is 2.15. The maximum Gasteiger partial charge on any atom is 0.146 e. The molecule has 1 aromatic rings. The van der Waals surface area contributed by atoms with Gasteiger partial charge in [-0.1, -0.05) is 0 Å². The Morgan fingerprint density at radius 2 is 2.50 bits per heavy atom. The molecule has 0 radical (unpaired) electrons. The van der Waals surface area contributed by atoms with Gasteiger partial charge in [0, 0.05) is 31.3 Å². The zero-order chi connectivity index (χ0) is 11.4. The molecule has 0 aromatic carbocycles. The van der Waals surface area contributed by atoms with Crippen LogP contribution in [0.25, 0.3) is 0 Å². The molecule has 0 saturated carbocycles. The molecule has 0 amide bonds. The first-order valence-electron chi connectivity index (χ1n) is 5.55. The Labute approximate surface area is 94.9 Å². The van der Waals surface area contributed by atoms with Crippen LogP contribution in [0.2, 0.25) is 0 Å². The lowest BCUT2D eigenvalue weighted by molar-refractivity contribution is -0.120. The number of Topliss-reactive ketones (excluding diaryl/α,β-unsaturated/α-hetero) is 1. The van der Waals surface area contributed by atoms with Gasteiger partial charge < -0.3 is 0 Å². The molecule has 0 bridgehead atoms. The molecule has 5 heteroatoms. The van der Waals surface area contributed by atoms with E-state index in [1.54, 1.807) is 13.1 Å². The van der Waals surface area contributed by atoms with Gasteiger partial charge in [0.2, 0.25) is 0 Å². The monoisotopic (exact) mass is 220 g/mol. The van der Waals surface area contributed by atoms with Crippen LogP contribution in [-0.4, -0.2) is 28.8 Å². The van der Waals surface area contributed by atoms with E-state index in [1.165, 1.54) is 6.33 Å². The van der Waals surface area contributed by atoms with Gasteiger partial charge in [-0.05, 0) is 19.8 Å². The summed E-state index contributed by atoms with van der Waals surface area (Å²) in [5.74, 6) is 1.25. The molecule has 1 aliphatic heterocycles. The lowest BCUT2D eigenvalue weighted by Gasteiger charge is -2.21. The lowest BCUT2D eigenvalue weighted by atomic mass is 10.0. The van der Waals surface area contributed by atoms with Crippen molar-refractivity contribution >= 4 is 11.6 Å². The van der Waals surface area contributed by atoms with Gasteiger partial charge in [-0.25, -0.2) is 15.4 Å². The van der Waals surface area contributed by atoms with Gasteiger partial charge in [-0.2, -0.15) is 0 Å². The van der Waals surface area contributed by atoms with Crippen LogP contribution in [0, 0.1) is 5.92 Å². The second-order valence-corrected chi connectivity index (χ2v) is 4.03. The van der Waals surface area contributed by atoms with E-state index >= 15 is 0 Å². The van der Waals surface area contributed by atoms with Gasteiger partial charge in [0.05, 0.1) is 0 Å².